The number of fused-ring (bicyclic) bond motifs is 2. The highest BCUT2D eigenvalue weighted by Gasteiger charge is 2.42. The van der Waals surface area contributed by atoms with Crippen molar-refractivity contribution in [3.8, 4) is 11.5 Å². The Morgan fingerprint density at radius 1 is 1.38 bits per heavy atom. The van der Waals surface area contributed by atoms with Gasteiger partial charge >= 0.3 is 0 Å². The molecular formula is C12H15NO3. The second kappa shape index (κ2) is 3.64. The molecule has 0 radical (unpaired) electrons. The Balaban J connectivity index is 1.98. The Morgan fingerprint density at radius 3 is 3.06 bits per heavy atom. The van der Waals surface area contributed by atoms with E-state index >= 15 is 0 Å². The van der Waals surface area contributed by atoms with Crippen LogP contribution in [0.1, 0.15) is 5.56 Å². The molecule has 0 unspecified atom stereocenters. The van der Waals surface area contributed by atoms with E-state index in [0.29, 0.717) is 13.2 Å². The molecule has 2 aliphatic rings. The predicted molar refractivity (Wildman–Crippen MR) is 59.0 cm³/mol. The molecule has 1 atom stereocenters. The standard InChI is InChI=1S/C12H15NO3/c1-14-9-2-3-10-11(6-9)16-8-12(10)7-15-5-4-13-12/h2-3,6,13H,4-5,7-8H2,1H3/t12-/m0/s1. The van der Waals surface area contributed by atoms with Crippen molar-refractivity contribution in [1.29, 1.82) is 0 Å². The van der Waals surface area contributed by atoms with E-state index in [1.807, 2.05) is 12.1 Å². The Hall–Kier alpha value is -1.26. The fourth-order valence-corrected chi connectivity index (χ4v) is 2.35. The van der Waals surface area contributed by atoms with E-state index < -0.39 is 0 Å². The molecule has 1 aromatic rings. The average Bonchev–Trinajstić information content (AvgIpc) is 2.69. The quantitative estimate of drug-likeness (QED) is 0.765. The highest BCUT2D eigenvalue weighted by molar-refractivity contribution is 5.48. The molecule has 0 bridgehead atoms. The number of methoxy groups -OCH3 is 1. The molecule has 2 aliphatic heterocycles. The van der Waals surface area contributed by atoms with Crippen LogP contribution < -0.4 is 14.8 Å². The van der Waals surface area contributed by atoms with E-state index in [2.05, 4.69) is 11.4 Å². The van der Waals surface area contributed by atoms with Crippen LogP contribution in [0.15, 0.2) is 18.2 Å². The lowest BCUT2D eigenvalue weighted by Crippen LogP contribution is -2.52. The number of hydrogen-bond donors (Lipinski definition) is 1. The molecule has 0 saturated carbocycles. The molecule has 86 valence electrons. The van der Waals surface area contributed by atoms with Crippen molar-refractivity contribution in [2.45, 2.75) is 5.54 Å². The molecule has 3 rings (SSSR count). The summed E-state index contributed by atoms with van der Waals surface area (Å²) in [7, 11) is 1.66. The zero-order chi connectivity index (χ0) is 11.0. The lowest BCUT2D eigenvalue weighted by atomic mass is 9.92. The molecule has 16 heavy (non-hydrogen) atoms. The third-order valence-corrected chi connectivity index (χ3v) is 3.24. The van der Waals surface area contributed by atoms with Crippen LogP contribution in [-0.2, 0) is 10.3 Å². The summed E-state index contributed by atoms with van der Waals surface area (Å²) in [5.74, 6) is 1.73. The molecule has 1 N–H and O–H groups in total. The lowest BCUT2D eigenvalue weighted by molar-refractivity contribution is 0.0160. The number of morpholine rings is 1. The van der Waals surface area contributed by atoms with Crippen LogP contribution >= 0.6 is 0 Å². The van der Waals surface area contributed by atoms with Crippen molar-refractivity contribution in [1.82, 2.24) is 5.32 Å². The highest BCUT2D eigenvalue weighted by Crippen LogP contribution is 2.40. The summed E-state index contributed by atoms with van der Waals surface area (Å²) in [6.07, 6.45) is 0. The van der Waals surface area contributed by atoms with E-state index in [-0.39, 0.29) is 5.54 Å². The van der Waals surface area contributed by atoms with Crippen molar-refractivity contribution in [2.75, 3.05) is 33.5 Å². The molecule has 1 saturated heterocycles. The van der Waals surface area contributed by atoms with Crippen LogP contribution in [-0.4, -0.2) is 33.5 Å². The summed E-state index contributed by atoms with van der Waals surface area (Å²) in [6.45, 7) is 2.95. The predicted octanol–water partition coefficient (Wildman–Crippen LogP) is 0.903. The molecule has 2 heterocycles. The van der Waals surface area contributed by atoms with E-state index in [1.165, 1.54) is 5.56 Å². The summed E-state index contributed by atoms with van der Waals surface area (Å²) >= 11 is 0. The lowest BCUT2D eigenvalue weighted by Gasteiger charge is -2.33. The monoisotopic (exact) mass is 221 g/mol. The minimum Gasteiger partial charge on any atom is -0.497 e. The van der Waals surface area contributed by atoms with Gasteiger partial charge in [0, 0.05) is 18.2 Å². The normalized spacial score (nSPS) is 27.6. The van der Waals surface area contributed by atoms with Gasteiger partial charge in [0.2, 0.25) is 0 Å². The maximum atomic E-state index is 5.71. The van der Waals surface area contributed by atoms with Crippen LogP contribution in [0.2, 0.25) is 0 Å². The first-order chi connectivity index (χ1) is 7.84. The van der Waals surface area contributed by atoms with Crippen LogP contribution in [0, 0.1) is 0 Å². The summed E-state index contributed by atoms with van der Waals surface area (Å²) in [6, 6.07) is 5.95. The zero-order valence-corrected chi connectivity index (χ0v) is 9.29. The summed E-state index contributed by atoms with van der Waals surface area (Å²) in [5, 5.41) is 3.50. The Kier molecular flexibility index (Phi) is 2.26. The van der Waals surface area contributed by atoms with Gasteiger partial charge in [-0.15, -0.1) is 0 Å². The fraction of sp³-hybridized carbons (Fsp3) is 0.500. The van der Waals surface area contributed by atoms with Gasteiger partial charge in [-0.05, 0) is 12.1 Å². The summed E-state index contributed by atoms with van der Waals surface area (Å²) in [5.41, 5.74) is 1.02. The molecule has 0 aliphatic carbocycles. The van der Waals surface area contributed by atoms with Crippen molar-refractivity contribution in [2.24, 2.45) is 0 Å². The molecule has 1 fully saturated rings. The van der Waals surface area contributed by atoms with Crippen LogP contribution in [0.25, 0.3) is 0 Å². The number of hydrogen-bond acceptors (Lipinski definition) is 4. The first kappa shape index (κ1) is 9.93. The molecule has 0 amide bonds. The maximum absolute atomic E-state index is 5.71. The third kappa shape index (κ3) is 1.37. The van der Waals surface area contributed by atoms with Crippen LogP contribution in [0.4, 0.5) is 0 Å². The Bertz CT molecular complexity index is 399. The van der Waals surface area contributed by atoms with Gasteiger partial charge < -0.3 is 19.5 Å². The minimum atomic E-state index is -0.153. The number of nitrogens with one attached hydrogen (secondary N) is 1. The van der Waals surface area contributed by atoms with Gasteiger partial charge in [0.1, 0.15) is 23.6 Å². The van der Waals surface area contributed by atoms with Gasteiger partial charge in [-0.25, -0.2) is 0 Å². The summed E-state index contributed by atoms with van der Waals surface area (Å²) < 4.78 is 16.4. The highest BCUT2D eigenvalue weighted by atomic mass is 16.5. The van der Waals surface area contributed by atoms with E-state index in [0.717, 1.165) is 24.7 Å². The fourth-order valence-electron chi connectivity index (χ4n) is 2.35. The topological polar surface area (TPSA) is 39.7 Å². The Labute approximate surface area is 94.5 Å². The zero-order valence-electron chi connectivity index (χ0n) is 9.29. The molecule has 1 spiro atoms. The van der Waals surface area contributed by atoms with E-state index in [1.54, 1.807) is 7.11 Å². The van der Waals surface area contributed by atoms with Crippen molar-refractivity contribution in [3.63, 3.8) is 0 Å². The molecule has 1 aromatic carbocycles. The van der Waals surface area contributed by atoms with Gasteiger partial charge in [-0.3, -0.25) is 0 Å². The number of ether oxygens (including phenoxy) is 3. The number of benzene rings is 1. The second-order valence-electron chi connectivity index (χ2n) is 4.21. The van der Waals surface area contributed by atoms with E-state index in [4.69, 9.17) is 14.2 Å². The first-order valence-corrected chi connectivity index (χ1v) is 5.48. The van der Waals surface area contributed by atoms with Crippen molar-refractivity contribution in [3.05, 3.63) is 23.8 Å². The van der Waals surface area contributed by atoms with Gasteiger partial charge in [0.05, 0.1) is 20.3 Å². The second-order valence-corrected chi connectivity index (χ2v) is 4.21. The molecular weight excluding hydrogens is 206 g/mol. The smallest absolute Gasteiger partial charge is 0.128 e. The van der Waals surface area contributed by atoms with Crippen LogP contribution in [0.5, 0.6) is 11.5 Å². The summed E-state index contributed by atoms with van der Waals surface area (Å²) in [4.78, 5) is 0. The maximum Gasteiger partial charge on any atom is 0.128 e. The van der Waals surface area contributed by atoms with Crippen LogP contribution in [0.3, 0.4) is 0 Å². The minimum absolute atomic E-state index is 0.153. The molecule has 4 heteroatoms. The number of rotatable bonds is 1. The molecule has 0 aromatic heterocycles. The van der Waals surface area contributed by atoms with Gasteiger partial charge in [-0.2, -0.15) is 0 Å². The van der Waals surface area contributed by atoms with Gasteiger partial charge in [0.15, 0.2) is 0 Å². The Morgan fingerprint density at radius 2 is 2.31 bits per heavy atom. The first-order valence-electron chi connectivity index (χ1n) is 5.48. The van der Waals surface area contributed by atoms with Gasteiger partial charge in [0.25, 0.3) is 0 Å². The SMILES string of the molecule is COc1ccc2c(c1)OC[C@@]21COCCN1. The third-order valence-electron chi connectivity index (χ3n) is 3.24. The average molecular weight is 221 g/mol. The van der Waals surface area contributed by atoms with Gasteiger partial charge in [-0.1, -0.05) is 0 Å². The van der Waals surface area contributed by atoms with Crippen molar-refractivity contribution < 1.29 is 14.2 Å². The largest absolute Gasteiger partial charge is 0.497 e. The molecule has 4 nitrogen and oxygen atoms in total. The van der Waals surface area contributed by atoms with Crippen molar-refractivity contribution >= 4 is 0 Å². The van der Waals surface area contributed by atoms with E-state index in [9.17, 15) is 0 Å².